The summed E-state index contributed by atoms with van der Waals surface area (Å²) < 4.78 is 0. The Bertz CT molecular complexity index is 1120. The van der Waals surface area contributed by atoms with Gasteiger partial charge in [-0.15, -0.1) is 11.8 Å². The number of anilines is 1. The average Bonchev–Trinajstić information content (AvgIpc) is 3.16. The van der Waals surface area contributed by atoms with Crippen LogP contribution in [0.1, 0.15) is 57.7 Å². The molecule has 164 valence electrons. The van der Waals surface area contributed by atoms with Gasteiger partial charge in [0.2, 0.25) is 0 Å². The maximum Gasteiger partial charge on any atom is 0.337 e. The molecule has 4 rings (SSSR count). The highest BCUT2D eigenvalue weighted by atomic mass is 32.2. The van der Waals surface area contributed by atoms with E-state index in [9.17, 15) is 14.7 Å². The first-order valence-electron chi connectivity index (χ1n) is 10.6. The molecule has 6 heteroatoms. The van der Waals surface area contributed by atoms with E-state index in [1.54, 1.807) is 36.4 Å². The number of carbonyl (C=O) groups excluding carboxylic acids is 1. The fraction of sp³-hybridized carbons (Fsp3) is 0.231. The highest BCUT2D eigenvalue weighted by Gasteiger charge is 2.46. The number of hydrogen-bond donors (Lipinski definition) is 2. The van der Waals surface area contributed by atoms with Crippen molar-refractivity contribution in [3.8, 4) is 0 Å². The Morgan fingerprint density at radius 2 is 1.56 bits per heavy atom. The summed E-state index contributed by atoms with van der Waals surface area (Å²) in [6.45, 7) is 4.26. The number of carboxylic acid groups (broad SMARTS) is 1. The number of para-hydroxylation sites is 1. The summed E-state index contributed by atoms with van der Waals surface area (Å²) in [5.41, 5.74) is 9.41. The van der Waals surface area contributed by atoms with Crippen molar-refractivity contribution >= 4 is 29.2 Å². The highest BCUT2D eigenvalue weighted by Crippen LogP contribution is 2.47. The number of nitrogens with two attached hydrogens (primary N) is 1. The predicted molar refractivity (Wildman–Crippen MR) is 129 cm³/mol. The summed E-state index contributed by atoms with van der Waals surface area (Å²) in [7, 11) is 0. The van der Waals surface area contributed by atoms with E-state index in [0.29, 0.717) is 17.2 Å². The van der Waals surface area contributed by atoms with Gasteiger partial charge in [0.05, 0.1) is 22.5 Å². The minimum atomic E-state index is -1.02. The lowest BCUT2D eigenvalue weighted by Crippen LogP contribution is -2.39. The van der Waals surface area contributed by atoms with Crippen molar-refractivity contribution in [1.29, 1.82) is 0 Å². The minimum absolute atomic E-state index is 0.0145. The zero-order chi connectivity index (χ0) is 22.8. The van der Waals surface area contributed by atoms with Gasteiger partial charge in [0.1, 0.15) is 5.50 Å². The van der Waals surface area contributed by atoms with Crippen LogP contribution in [0.4, 0.5) is 5.69 Å². The van der Waals surface area contributed by atoms with E-state index >= 15 is 0 Å². The SMILES string of the molecule is CC(C)c1ccc([C@H]2[C@H](C(=O)c3ccccc3)SC(N)N2c2ccccc2C(=O)O)cc1. The van der Waals surface area contributed by atoms with Crippen molar-refractivity contribution in [1.82, 2.24) is 0 Å². The lowest BCUT2D eigenvalue weighted by molar-refractivity contribution is 0.0697. The molecule has 1 unspecified atom stereocenters. The number of carboxylic acids is 1. The van der Waals surface area contributed by atoms with Crippen molar-refractivity contribution in [2.45, 2.75) is 36.6 Å². The highest BCUT2D eigenvalue weighted by molar-refractivity contribution is 8.01. The van der Waals surface area contributed by atoms with E-state index < -0.39 is 22.8 Å². The molecule has 0 saturated carbocycles. The molecule has 3 aromatic carbocycles. The molecule has 0 spiro atoms. The van der Waals surface area contributed by atoms with Crippen molar-refractivity contribution in [2.75, 3.05) is 4.90 Å². The van der Waals surface area contributed by atoms with E-state index in [2.05, 4.69) is 26.0 Å². The summed E-state index contributed by atoms with van der Waals surface area (Å²) in [6, 6.07) is 23.8. The Balaban J connectivity index is 1.83. The van der Waals surface area contributed by atoms with Crippen LogP contribution in [0.15, 0.2) is 78.9 Å². The van der Waals surface area contributed by atoms with Gasteiger partial charge in [-0.25, -0.2) is 4.79 Å². The van der Waals surface area contributed by atoms with E-state index in [0.717, 1.165) is 5.56 Å². The molecule has 32 heavy (non-hydrogen) atoms. The third-order valence-electron chi connectivity index (χ3n) is 5.82. The standard InChI is InChI=1S/C26H26N2O3S/c1-16(2)17-12-14-18(15-13-17)22-24(23(29)19-8-4-3-5-9-19)32-26(27)28(22)21-11-7-6-10-20(21)25(30)31/h3-16,22,24,26H,27H2,1-2H3,(H,30,31)/t22-,24+,26?/m0/s1. The number of thioether (sulfide) groups is 1. The van der Waals surface area contributed by atoms with Crippen molar-refractivity contribution in [3.63, 3.8) is 0 Å². The number of ketones is 1. The third-order valence-corrected chi connectivity index (χ3v) is 7.09. The van der Waals surface area contributed by atoms with E-state index in [1.165, 1.54) is 17.3 Å². The number of benzene rings is 3. The molecule has 1 fully saturated rings. The summed E-state index contributed by atoms with van der Waals surface area (Å²) >= 11 is 1.37. The smallest absolute Gasteiger partial charge is 0.337 e. The Morgan fingerprint density at radius 1 is 0.938 bits per heavy atom. The van der Waals surface area contributed by atoms with Gasteiger partial charge in [-0.2, -0.15) is 0 Å². The summed E-state index contributed by atoms with van der Waals surface area (Å²) in [5.74, 6) is -0.654. The molecule has 1 saturated heterocycles. The van der Waals surface area contributed by atoms with Crippen LogP contribution in [-0.2, 0) is 0 Å². The van der Waals surface area contributed by atoms with E-state index in [-0.39, 0.29) is 11.3 Å². The second-order valence-corrected chi connectivity index (χ2v) is 9.44. The predicted octanol–water partition coefficient (Wildman–Crippen LogP) is 5.30. The van der Waals surface area contributed by atoms with Crippen LogP contribution in [0.2, 0.25) is 0 Å². The van der Waals surface area contributed by atoms with Crippen LogP contribution in [0, 0.1) is 0 Å². The fourth-order valence-electron chi connectivity index (χ4n) is 4.15. The Labute approximate surface area is 192 Å². The van der Waals surface area contributed by atoms with Crippen LogP contribution >= 0.6 is 11.8 Å². The molecule has 0 amide bonds. The first kappa shape index (κ1) is 22.1. The Kier molecular flexibility index (Phi) is 6.35. The average molecular weight is 447 g/mol. The molecule has 1 aliphatic rings. The van der Waals surface area contributed by atoms with Gasteiger partial charge in [0.25, 0.3) is 0 Å². The Morgan fingerprint density at radius 3 is 2.19 bits per heavy atom. The van der Waals surface area contributed by atoms with Gasteiger partial charge in [-0.05, 0) is 29.2 Å². The van der Waals surface area contributed by atoms with Crippen LogP contribution in [-0.4, -0.2) is 27.6 Å². The second kappa shape index (κ2) is 9.18. The zero-order valence-electron chi connectivity index (χ0n) is 18.0. The second-order valence-electron chi connectivity index (χ2n) is 8.17. The molecule has 0 aliphatic carbocycles. The first-order valence-corrected chi connectivity index (χ1v) is 11.5. The van der Waals surface area contributed by atoms with Crippen molar-refractivity contribution < 1.29 is 14.7 Å². The quantitative estimate of drug-likeness (QED) is 0.500. The normalized spacial score (nSPS) is 20.5. The number of aromatic carboxylic acids is 1. The molecular formula is C26H26N2O3S. The molecule has 0 radical (unpaired) electrons. The molecule has 5 nitrogen and oxygen atoms in total. The minimum Gasteiger partial charge on any atom is -0.478 e. The summed E-state index contributed by atoms with van der Waals surface area (Å²) in [4.78, 5) is 27.4. The van der Waals surface area contributed by atoms with Crippen LogP contribution in [0.5, 0.6) is 0 Å². The number of Topliss-reactive ketones (excluding diaryl/α,β-unsaturated/α-hetero) is 1. The molecule has 0 bridgehead atoms. The topological polar surface area (TPSA) is 83.6 Å². The molecule has 1 heterocycles. The van der Waals surface area contributed by atoms with E-state index in [1.807, 2.05) is 35.2 Å². The van der Waals surface area contributed by atoms with Gasteiger partial charge in [0, 0.05) is 5.56 Å². The van der Waals surface area contributed by atoms with Crippen LogP contribution in [0.25, 0.3) is 0 Å². The van der Waals surface area contributed by atoms with Gasteiger partial charge in [-0.3, -0.25) is 4.79 Å². The van der Waals surface area contributed by atoms with Crippen LogP contribution in [0.3, 0.4) is 0 Å². The zero-order valence-corrected chi connectivity index (χ0v) is 18.8. The summed E-state index contributed by atoms with van der Waals surface area (Å²) in [5, 5.41) is 9.31. The maximum absolute atomic E-state index is 13.5. The molecular weight excluding hydrogens is 420 g/mol. The largest absolute Gasteiger partial charge is 0.478 e. The molecule has 3 aromatic rings. The lowest BCUT2D eigenvalue weighted by Gasteiger charge is -2.32. The van der Waals surface area contributed by atoms with Crippen LogP contribution < -0.4 is 10.6 Å². The first-order chi connectivity index (χ1) is 15.4. The fourth-order valence-corrected chi connectivity index (χ4v) is 5.52. The molecule has 3 N–H and O–H groups in total. The molecule has 1 aliphatic heterocycles. The van der Waals surface area contributed by atoms with E-state index in [4.69, 9.17) is 5.73 Å². The monoisotopic (exact) mass is 446 g/mol. The number of nitrogens with zero attached hydrogens (tertiary/aromatic N) is 1. The lowest BCUT2D eigenvalue weighted by atomic mass is 9.93. The number of rotatable bonds is 6. The maximum atomic E-state index is 13.5. The van der Waals surface area contributed by atoms with Crippen molar-refractivity contribution in [2.24, 2.45) is 5.73 Å². The number of hydrogen-bond acceptors (Lipinski definition) is 5. The van der Waals surface area contributed by atoms with Gasteiger partial charge in [0.15, 0.2) is 5.78 Å². The van der Waals surface area contributed by atoms with Gasteiger partial charge in [-0.1, -0.05) is 80.6 Å². The van der Waals surface area contributed by atoms with Gasteiger partial charge >= 0.3 is 5.97 Å². The molecule has 0 aromatic heterocycles. The number of carbonyl (C=O) groups is 2. The summed E-state index contributed by atoms with van der Waals surface area (Å²) in [6.07, 6.45) is 0. The third kappa shape index (κ3) is 4.16. The molecule has 3 atom stereocenters. The van der Waals surface area contributed by atoms with Gasteiger partial charge < -0.3 is 15.7 Å². The Hall–Kier alpha value is -3.09. The van der Waals surface area contributed by atoms with Crippen molar-refractivity contribution in [3.05, 3.63) is 101 Å².